The molecule has 0 bridgehead atoms. The molecule has 9 aromatic rings. The second kappa shape index (κ2) is 13.7. The molecule has 0 N–H and O–H groups in total. The van der Waals surface area contributed by atoms with E-state index in [-0.39, 0.29) is 5.41 Å². The molecule has 0 aliphatic carbocycles. The van der Waals surface area contributed by atoms with E-state index in [4.69, 9.17) is 4.42 Å². The van der Waals surface area contributed by atoms with Crippen molar-refractivity contribution < 1.29 is 4.42 Å². The highest BCUT2D eigenvalue weighted by Crippen LogP contribution is 2.45. The lowest BCUT2D eigenvalue weighted by Crippen LogP contribution is -2.19. The maximum atomic E-state index is 6.43. The first-order valence-corrected chi connectivity index (χ1v) is 18.7. The average Bonchev–Trinajstić information content (AvgIpc) is 3.61. The molecule has 0 fully saturated rings. The molecule has 9 rings (SSSR count). The minimum atomic E-state index is -0.147. The second-order valence-corrected chi connectivity index (χ2v) is 15.0. The molecular weight excluding hydrogens is 655 g/mol. The number of fused-ring (bicyclic) bond motifs is 3. The van der Waals surface area contributed by atoms with E-state index in [0.717, 1.165) is 50.1 Å². The van der Waals surface area contributed by atoms with Gasteiger partial charge in [0.05, 0.1) is 0 Å². The molecule has 0 radical (unpaired) electrons. The molecule has 0 amide bonds. The van der Waals surface area contributed by atoms with Gasteiger partial charge in [0.25, 0.3) is 0 Å². The minimum absolute atomic E-state index is 0.147. The third kappa shape index (κ3) is 6.16. The van der Waals surface area contributed by atoms with Crippen LogP contribution in [0.3, 0.4) is 0 Å². The van der Waals surface area contributed by atoms with Gasteiger partial charge in [-0.3, -0.25) is 0 Å². The number of hydrogen-bond donors (Lipinski definition) is 0. The van der Waals surface area contributed by atoms with Gasteiger partial charge in [-0.25, -0.2) is 0 Å². The maximum absolute atomic E-state index is 6.43. The highest BCUT2D eigenvalue weighted by Gasteiger charge is 2.25. The fourth-order valence-electron chi connectivity index (χ4n) is 7.73. The SMILES string of the molecule is CC(C)(C)c1cc(-c2ccccc2-c2ccccc2)ccc1N(c1ccc(-c2ccccc2)cc1)c1ccc(-c2cccc3c2oc2ccccc23)cc1. The van der Waals surface area contributed by atoms with Gasteiger partial charge in [-0.2, -0.15) is 0 Å². The molecular formula is C52H41NO. The van der Waals surface area contributed by atoms with E-state index >= 15 is 0 Å². The number of furan rings is 1. The van der Waals surface area contributed by atoms with Gasteiger partial charge in [-0.15, -0.1) is 0 Å². The number of rotatable bonds is 7. The topological polar surface area (TPSA) is 16.4 Å². The molecule has 1 heterocycles. The van der Waals surface area contributed by atoms with Gasteiger partial charge in [-0.05, 0) is 92.4 Å². The van der Waals surface area contributed by atoms with E-state index in [1.807, 2.05) is 12.1 Å². The van der Waals surface area contributed by atoms with Gasteiger partial charge in [0, 0.05) is 33.4 Å². The van der Waals surface area contributed by atoms with E-state index in [1.54, 1.807) is 0 Å². The van der Waals surface area contributed by atoms with E-state index in [1.165, 1.54) is 38.9 Å². The van der Waals surface area contributed by atoms with Crippen molar-refractivity contribution in [2.75, 3.05) is 4.90 Å². The summed E-state index contributed by atoms with van der Waals surface area (Å²) in [5.74, 6) is 0. The first kappa shape index (κ1) is 33.2. The van der Waals surface area contributed by atoms with E-state index in [0.29, 0.717) is 0 Å². The van der Waals surface area contributed by atoms with Crippen molar-refractivity contribution in [3.8, 4) is 44.5 Å². The zero-order valence-electron chi connectivity index (χ0n) is 30.8. The van der Waals surface area contributed by atoms with Crippen LogP contribution < -0.4 is 4.90 Å². The summed E-state index contributed by atoms with van der Waals surface area (Å²) in [6, 6.07) is 69.6. The summed E-state index contributed by atoms with van der Waals surface area (Å²) in [5, 5.41) is 2.27. The van der Waals surface area contributed by atoms with Crippen LogP contribution in [0.2, 0.25) is 0 Å². The number of nitrogens with zero attached hydrogens (tertiary/aromatic N) is 1. The van der Waals surface area contributed by atoms with Crippen LogP contribution in [0, 0.1) is 0 Å². The highest BCUT2D eigenvalue weighted by atomic mass is 16.3. The standard InChI is InChI=1S/C52H41NO/c1-52(2,3)48-35-40(44-20-11-10-19-43(44)38-17-8-5-9-18-38)29-34-49(48)53(41-30-25-37(26-31-41)36-15-6-4-7-16-36)42-32-27-39(28-33-42)45-22-14-23-47-46-21-12-13-24-50(46)54-51(45)47/h4-35H,1-3H3. The number of hydrogen-bond acceptors (Lipinski definition) is 2. The Morgan fingerprint density at radius 2 is 0.870 bits per heavy atom. The van der Waals surface area contributed by atoms with Crippen molar-refractivity contribution in [2.45, 2.75) is 26.2 Å². The number of benzene rings is 8. The normalized spacial score (nSPS) is 11.6. The molecule has 2 nitrogen and oxygen atoms in total. The number of anilines is 3. The lowest BCUT2D eigenvalue weighted by Gasteiger charge is -2.33. The first-order chi connectivity index (χ1) is 26.4. The Morgan fingerprint density at radius 1 is 0.389 bits per heavy atom. The Bertz CT molecular complexity index is 2720. The van der Waals surface area contributed by atoms with Crippen molar-refractivity contribution in [3.05, 3.63) is 200 Å². The molecule has 260 valence electrons. The summed E-state index contributed by atoms with van der Waals surface area (Å²) in [5.41, 5.74) is 15.8. The predicted octanol–water partition coefficient (Wildman–Crippen LogP) is 15.0. The summed E-state index contributed by atoms with van der Waals surface area (Å²) >= 11 is 0. The van der Waals surface area contributed by atoms with Crippen molar-refractivity contribution in [1.29, 1.82) is 0 Å². The van der Waals surface area contributed by atoms with Gasteiger partial charge < -0.3 is 9.32 Å². The Labute approximate surface area is 317 Å². The van der Waals surface area contributed by atoms with E-state index < -0.39 is 0 Å². The Balaban J connectivity index is 1.18. The first-order valence-electron chi connectivity index (χ1n) is 18.7. The molecule has 8 aromatic carbocycles. The minimum Gasteiger partial charge on any atom is -0.455 e. The lowest BCUT2D eigenvalue weighted by molar-refractivity contribution is 0.591. The molecule has 1 aromatic heterocycles. The molecule has 54 heavy (non-hydrogen) atoms. The monoisotopic (exact) mass is 695 g/mol. The van der Waals surface area contributed by atoms with Gasteiger partial charge >= 0.3 is 0 Å². The molecule has 2 heteroatoms. The van der Waals surface area contributed by atoms with Crippen LogP contribution in [0.15, 0.2) is 199 Å². The quantitative estimate of drug-likeness (QED) is 0.165. The summed E-state index contributed by atoms with van der Waals surface area (Å²) in [4.78, 5) is 2.41. The van der Waals surface area contributed by atoms with Crippen molar-refractivity contribution in [2.24, 2.45) is 0 Å². The van der Waals surface area contributed by atoms with Crippen LogP contribution in [0.4, 0.5) is 17.1 Å². The van der Waals surface area contributed by atoms with Gasteiger partial charge in [-0.1, -0.05) is 172 Å². The molecule has 0 aliphatic rings. The van der Waals surface area contributed by atoms with Crippen molar-refractivity contribution in [1.82, 2.24) is 0 Å². The van der Waals surface area contributed by atoms with Crippen molar-refractivity contribution >= 4 is 39.0 Å². The summed E-state index contributed by atoms with van der Waals surface area (Å²) in [7, 11) is 0. The van der Waals surface area contributed by atoms with Crippen LogP contribution in [0.25, 0.3) is 66.4 Å². The molecule has 0 unspecified atom stereocenters. The molecule has 0 atom stereocenters. The average molecular weight is 696 g/mol. The summed E-state index contributed by atoms with van der Waals surface area (Å²) in [6.45, 7) is 6.94. The van der Waals surface area contributed by atoms with Gasteiger partial charge in [0.1, 0.15) is 11.2 Å². The third-order valence-electron chi connectivity index (χ3n) is 10.4. The number of para-hydroxylation sites is 2. The summed E-state index contributed by atoms with van der Waals surface area (Å²) in [6.07, 6.45) is 0. The predicted molar refractivity (Wildman–Crippen MR) is 229 cm³/mol. The van der Waals surface area contributed by atoms with E-state index in [2.05, 4.69) is 208 Å². The van der Waals surface area contributed by atoms with Gasteiger partial charge in [0.2, 0.25) is 0 Å². The fourth-order valence-corrected chi connectivity index (χ4v) is 7.73. The lowest BCUT2D eigenvalue weighted by atomic mass is 9.82. The Kier molecular flexibility index (Phi) is 8.44. The third-order valence-corrected chi connectivity index (χ3v) is 10.4. The van der Waals surface area contributed by atoms with Crippen LogP contribution in [-0.2, 0) is 5.41 Å². The fraction of sp³-hybridized carbons (Fsp3) is 0.0769. The van der Waals surface area contributed by atoms with Crippen molar-refractivity contribution in [3.63, 3.8) is 0 Å². The molecule has 0 saturated heterocycles. The Hall–Kier alpha value is -6.64. The molecule has 0 saturated carbocycles. The summed E-state index contributed by atoms with van der Waals surface area (Å²) < 4.78 is 6.43. The van der Waals surface area contributed by atoms with Gasteiger partial charge in [0.15, 0.2) is 0 Å². The van der Waals surface area contributed by atoms with Crippen LogP contribution >= 0.6 is 0 Å². The van der Waals surface area contributed by atoms with Crippen LogP contribution in [-0.4, -0.2) is 0 Å². The molecule has 0 spiro atoms. The second-order valence-electron chi connectivity index (χ2n) is 15.0. The smallest absolute Gasteiger partial charge is 0.143 e. The molecule has 0 aliphatic heterocycles. The highest BCUT2D eigenvalue weighted by molar-refractivity contribution is 6.09. The Morgan fingerprint density at radius 3 is 1.54 bits per heavy atom. The van der Waals surface area contributed by atoms with Crippen LogP contribution in [0.5, 0.6) is 0 Å². The van der Waals surface area contributed by atoms with E-state index in [9.17, 15) is 0 Å². The maximum Gasteiger partial charge on any atom is 0.143 e. The van der Waals surface area contributed by atoms with Crippen LogP contribution in [0.1, 0.15) is 26.3 Å². The zero-order chi connectivity index (χ0) is 36.6. The zero-order valence-corrected chi connectivity index (χ0v) is 30.8. The largest absolute Gasteiger partial charge is 0.455 e.